The molecule has 28 heavy (non-hydrogen) atoms. The molecule has 0 unspecified atom stereocenters. The van der Waals surface area contributed by atoms with Gasteiger partial charge in [0, 0.05) is 30.4 Å². The molecule has 1 fully saturated rings. The number of rotatable bonds is 3. The quantitative estimate of drug-likeness (QED) is 0.864. The lowest BCUT2D eigenvalue weighted by Crippen LogP contribution is -2.51. The van der Waals surface area contributed by atoms with Crippen LogP contribution in [0.3, 0.4) is 0 Å². The summed E-state index contributed by atoms with van der Waals surface area (Å²) in [4.78, 5) is 0. The minimum absolute atomic E-state index is 0.0672. The van der Waals surface area contributed by atoms with Crippen molar-refractivity contribution in [2.45, 2.75) is 43.9 Å². The molecule has 1 atom stereocenters. The third-order valence-corrected chi connectivity index (χ3v) is 6.11. The van der Waals surface area contributed by atoms with E-state index in [-0.39, 0.29) is 11.8 Å². The zero-order chi connectivity index (χ0) is 19.3. The van der Waals surface area contributed by atoms with E-state index < -0.39 is 5.72 Å². The largest absolute Gasteiger partial charge is 0.507 e. The second-order valence-corrected chi connectivity index (χ2v) is 7.63. The highest BCUT2D eigenvalue weighted by Gasteiger charge is 2.52. The second-order valence-electron chi connectivity index (χ2n) is 7.63. The summed E-state index contributed by atoms with van der Waals surface area (Å²) in [5.74, 6) is 2.52. The van der Waals surface area contributed by atoms with E-state index in [1.807, 2.05) is 18.2 Å². The Bertz CT molecular complexity index is 950. The van der Waals surface area contributed by atoms with Crippen LogP contribution in [0.2, 0.25) is 0 Å². The Morgan fingerprint density at radius 3 is 2.71 bits per heavy atom. The molecule has 0 bridgehead atoms. The van der Waals surface area contributed by atoms with E-state index in [2.05, 4.69) is 11.1 Å². The maximum Gasteiger partial charge on any atom is 0.198 e. The van der Waals surface area contributed by atoms with Crippen molar-refractivity contribution >= 4 is 5.71 Å². The maximum absolute atomic E-state index is 10.5. The third-order valence-electron chi connectivity index (χ3n) is 6.11. The normalized spacial score (nSPS) is 21.7. The molecule has 2 heterocycles. The Morgan fingerprint density at radius 1 is 1.14 bits per heavy atom. The summed E-state index contributed by atoms with van der Waals surface area (Å²) < 4.78 is 17.5. The first-order valence-electron chi connectivity index (χ1n) is 9.75. The maximum atomic E-state index is 10.5. The van der Waals surface area contributed by atoms with Gasteiger partial charge >= 0.3 is 0 Å². The lowest BCUT2D eigenvalue weighted by atomic mass is 9.93. The molecule has 2 aromatic rings. The SMILES string of the molecule is COc1ccc(O)c(C2=NN3[C@H](C2)c2cccc(OC)c2OC32CCCC2)c1. The molecule has 0 radical (unpaired) electrons. The van der Waals surface area contributed by atoms with Crippen LogP contribution in [0, 0.1) is 0 Å². The molecule has 2 aliphatic heterocycles. The predicted molar refractivity (Wildman–Crippen MR) is 105 cm³/mol. The Balaban J connectivity index is 1.62. The number of phenols is 1. The number of hydrazone groups is 1. The van der Waals surface area contributed by atoms with E-state index in [1.165, 1.54) is 0 Å². The van der Waals surface area contributed by atoms with Gasteiger partial charge in [-0.25, -0.2) is 5.01 Å². The van der Waals surface area contributed by atoms with E-state index in [0.29, 0.717) is 17.7 Å². The van der Waals surface area contributed by atoms with Crippen molar-refractivity contribution in [1.82, 2.24) is 5.01 Å². The van der Waals surface area contributed by atoms with Crippen LogP contribution in [0.5, 0.6) is 23.0 Å². The number of phenolic OH excluding ortho intramolecular Hbond substituents is 1. The van der Waals surface area contributed by atoms with Crippen LogP contribution in [0.4, 0.5) is 0 Å². The Labute approximate surface area is 164 Å². The molecule has 0 aromatic heterocycles. The van der Waals surface area contributed by atoms with Crippen molar-refractivity contribution in [2.75, 3.05) is 14.2 Å². The monoisotopic (exact) mass is 380 g/mol. The average Bonchev–Trinajstić information content (AvgIpc) is 3.37. The van der Waals surface area contributed by atoms with E-state index in [1.54, 1.807) is 26.4 Å². The van der Waals surface area contributed by atoms with Gasteiger partial charge in [-0.05, 0) is 37.1 Å². The smallest absolute Gasteiger partial charge is 0.198 e. The summed E-state index contributed by atoms with van der Waals surface area (Å²) in [6.45, 7) is 0. The standard InChI is InChI=1S/C22H24N2O4/c1-26-14-8-9-19(25)16(12-14)17-13-18-15-6-5-7-20(27-2)21(15)28-22(24(18)23-17)10-3-4-11-22/h5-9,12,18,25H,3-4,10-11,13H2,1-2H3/t18-/m1/s1. The van der Waals surface area contributed by atoms with E-state index in [4.69, 9.17) is 19.3 Å². The van der Waals surface area contributed by atoms with Gasteiger partial charge in [0.1, 0.15) is 11.5 Å². The molecule has 5 rings (SSSR count). The highest BCUT2D eigenvalue weighted by molar-refractivity contribution is 6.04. The Kier molecular flexibility index (Phi) is 3.89. The number of hydrogen-bond donors (Lipinski definition) is 1. The molecule has 3 aliphatic rings. The number of nitrogens with zero attached hydrogens (tertiary/aromatic N) is 2. The van der Waals surface area contributed by atoms with Gasteiger partial charge in [-0.3, -0.25) is 0 Å². The summed E-state index contributed by atoms with van der Waals surface area (Å²) in [6, 6.07) is 11.4. The number of fused-ring (bicyclic) bond motifs is 4. The van der Waals surface area contributed by atoms with Crippen molar-refractivity contribution < 1.29 is 19.3 Å². The summed E-state index contributed by atoms with van der Waals surface area (Å²) in [5, 5.41) is 17.6. The molecule has 146 valence electrons. The molecule has 1 spiro atoms. The number of ether oxygens (including phenoxy) is 3. The number of methoxy groups -OCH3 is 2. The van der Waals surface area contributed by atoms with Crippen molar-refractivity contribution in [2.24, 2.45) is 5.10 Å². The summed E-state index contributed by atoms with van der Waals surface area (Å²) in [5.41, 5.74) is 2.21. The topological polar surface area (TPSA) is 63.5 Å². The highest BCUT2D eigenvalue weighted by Crippen LogP contribution is 2.54. The van der Waals surface area contributed by atoms with E-state index in [0.717, 1.165) is 48.5 Å². The first-order valence-corrected chi connectivity index (χ1v) is 9.75. The fraction of sp³-hybridized carbons (Fsp3) is 0.409. The molecule has 1 N–H and O–H groups in total. The van der Waals surface area contributed by atoms with Crippen LogP contribution in [0.1, 0.15) is 49.3 Å². The fourth-order valence-electron chi connectivity index (χ4n) is 4.72. The lowest BCUT2D eigenvalue weighted by Gasteiger charge is -2.46. The number of benzene rings is 2. The lowest BCUT2D eigenvalue weighted by molar-refractivity contribution is -0.115. The minimum Gasteiger partial charge on any atom is -0.507 e. The van der Waals surface area contributed by atoms with Gasteiger partial charge in [-0.15, -0.1) is 0 Å². The van der Waals surface area contributed by atoms with Gasteiger partial charge in [-0.1, -0.05) is 12.1 Å². The van der Waals surface area contributed by atoms with Gasteiger partial charge in [0.15, 0.2) is 17.2 Å². The average molecular weight is 380 g/mol. The van der Waals surface area contributed by atoms with Crippen molar-refractivity contribution in [3.8, 4) is 23.0 Å². The zero-order valence-electron chi connectivity index (χ0n) is 16.1. The number of hydrogen-bond acceptors (Lipinski definition) is 6. The summed E-state index contributed by atoms with van der Waals surface area (Å²) >= 11 is 0. The molecular weight excluding hydrogens is 356 g/mol. The van der Waals surface area contributed by atoms with Crippen LogP contribution in [-0.4, -0.2) is 35.8 Å². The molecule has 0 saturated heterocycles. The minimum atomic E-state index is -0.442. The second kappa shape index (κ2) is 6.33. The van der Waals surface area contributed by atoms with Crippen molar-refractivity contribution in [3.05, 3.63) is 47.5 Å². The van der Waals surface area contributed by atoms with Crippen molar-refractivity contribution in [3.63, 3.8) is 0 Å². The van der Waals surface area contributed by atoms with E-state index >= 15 is 0 Å². The third kappa shape index (κ3) is 2.44. The zero-order valence-corrected chi connectivity index (χ0v) is 16.1. The van der Waals surface area contributed by atoms with Gasteiger partial charge in [0.2, 0.25) is 0 Å². The first kappa shape index (κ1) is 17.2. The molecule has 1 saturated carbocycles. The Hall–Kier alpha value is -2.89. The van der Waals surface area contributed by atoms with Gasteiger partial charge in [0.05, 0.1) is 26.0 Å². The molecule has 6 nitrogen and oxygen atoms in total. The van der Waals surface area contributed by atoms with Crippen LogP contribution in [0.15, 0.2) is 41.5 Å². The highest BCUT2D eigenvalue weighted by atomic mass is 16.5. The molecular formula is C22H24N2O4. The number of para-hydroxylation sites is 1. The van der Waals surface area contributed by atoms with E-state index in [9.17, 15) is 5.11 Å². The number of aromatic hydroxyl groups is 1. The van der Waals surface area contributed by atoms with Crippen molar-refractivity contribution in [1.29, 1.82) is 0 Å². The first-order chi connectivity index (χ1) is 13.6. The molecule has 6 heteroatoms. The molecule has 1 aliphatic carbocycles. The molecule has 2 aromatic carbocycles. The Morgan fingerprint density at radius 2 is 1.96 bits per heavy atom. The van der Waals surface area contributed by atoms with Crippen LogP contribution in [-0.2, 0) is 0 Å². The molecule has 0 amide bonds. The van der Waals surface area contributed by atoms with Crippen LogP contribution >= 0.6 is 0 Å². The summed E-state index contributed by atoms with van der Waals surface area (Å²) in [6.07, 6.45) is 4.79. The van der Waals surface area contributed by atoms with Crippen LogP contribution < -0.4 is 14.2 Å². The van der Waals surface area contributed by atoms with Gasteiger partial charge in [-0.2, -0.15) is 5.10 Å². The van der Waals surface area contributed by atoms with Gasteiger partial charge in [0.25, 0.3) is 0 Å². The van der Waals surface area contributed by atoms with Crippen LogP contribution in [0.25, 0.3) is 0 Å². The fourth-order valence-corrected chi connectivity index (χ4v) is 4.72. The van der Waals surface area contributed by atoms with Gasteiger partial charge < -0.3 is 19.3 Å². The predicted octanol–water partition coefficient (Wildman–Crippen LogP) is 4.22. The summed E-state index contributed by atoms with van der Waals surface area (Å²) in [7, 11) is 3.30.